The number of benzene rings is 2. The molecule has 0 bridgehead atoms. The van der Waals surface area contributed by atoms with Crippen LogP contribution in [0.25, 0.3) is 10.8 Å². The summed E-state index contributed by atoms with van der Waals surface area (Å²) in [6.45, 7) is 6.92. The van der Waals surface area contributed by atoms with Crippen molar-refractivity contribution in [1.82, 2.24) is 10.2 Å². The van der Waals surface area contributed by atoms with Crippen LogP contribution in [-0.2, 0) is 6.54 Å². The van der Waals surface area contributed by atoms with Gasteiger partial charge in [-0.3, -0.25) is 4.90 Å². The molecule has 20 heavy (non-hydrogen) atoms. The van der Waals surface area contributed by atoms with Crippen LogP contribution in [0.2, 0.25) is 0 Å². The summed E-state index contributed by atoms with van der Waals surface area (Å²) in [6, 6.07) is 15.9. The molecule has 1 aliphatic rings. The maximum atomic E-state index is 3.63. The Bertz CT molecular complexity index is 553. The number of rotatable bonds is 5. The van der Waals surface area contributed by atoms with Crippen LogP contribution < -0.4 is 5.32 Å². The molecule has 1 fully saturated rings. The number of fused-ring (bicyclic) bond motifs is 1. The fourth-order valence-corrected chi connectivity index (χ4v) is 3.17. The molecule has 2 nitrogen and oxygen atoms in total. The number of nitrogens with one attached hydrogen (secondary N) is 1. The summed E-state index contributed by atoms with van der Waals surface area (Å²) >= 11 is 0. The monoisotopic (exact) mass is 268 g/mol. The molecule has 0 saturated carbocycles. The molecular formula is C18H24N2. The quantitative estimate of drug-likeness (QED) is 0.894. The second-order valence-electron chi connectivity index (χ2n) is 5.86. The lowest BCUT2D eigenvalue weighted by Gasteiger charge is -2.24. The van der Waals surface area contributed by atoms with Gasteiger partial charge in [-0.2, -0.15) is 0 Å². The molecule has 2 aromatic carbocycles. The van der Waals surface area contributed by atoms with Crippen molar-refractivity contribution in [2.24, 2.45) is 0 Å². The summed E-state index contributed by atoms with van der Waals surface area (Å²) in [6.07, 6.45) is 2.74. The second kappa shape index (κ2) is 6.38. The topological polar surface area (TPSA) is 15.3 Å². The van der Waals surface area contributed by atoms with Crippen molar-refractivity contribution >= 4 is 10.8 Å². The van der Waals surface area contributed by atoms with Crippen LogP contribution in [0.15, 0.2) is 42.5 Å². The third kappa shape index (κ3) is 3.02. The van der Waals surface area contributed by atoms with Crippen LogP contribution in [-0.4, -0.2) is 30.6 Å². The number of nitrogens with zero attached hydrogens (tertiary/aromatic N) is 1. The Balaban J connectivity index is 1.59. The van der Waals surface area contributed by atoms with Gasteiger partial charge in [0.15, 0.2) is 0 Å². The molecule has 0 amide bonds. The highest BCUT2D eigenvalue weighted by Gasteiger charge is 2.17. The normalized spacial score (nSPS) is 17.6. The van der Waals surface area contributed by atoms with Gasteiger partial charge in [0.2, 0.25) is 0 Å². The van der Waals surface area contributed by atoms with Crippen molar-refractivity contribution in [3.05, 3.63) is 48.0 Å². The fraction of sp³-hybridized carbons (Fsp3) is 0.444. The maximum absolute atomic E-state index is 3.63. The summed E-state index contributed by atoms with van der Waals surface area (Å²) in [5, 5.41) is 6.33. The number of hydrogen-bond acceptors (Lipinski definition) is 2. The van der Waals surface area contributed by atoms with Crippen molar-refractivity contribution in [2.45, 2.75) is 32.4 Å². The minimum Gasteiger partial charge on any atom is -0.311 e. The molecule has 1 aliphatic heterocycles. The van der Waals surface area contributed by atoms with Gasteiger partial charge in [0, 0.05) is 19.1 Å². The molecule has 0 aliphatic carbocycles. The first kappa shape index (κ1) is 13.6. The van der Waals surface area contributed by atoms with E-state index in [4.69, 9.17) is 0 Å². The third-order valence-corrected chi connectivity index (χ3v) is 4.40. The van der Waals surface area contributed by atoms with Gasteiger partial charge in [-0.1, -0.05) is 42.5 Å². The third-order valence-electron chi connectivity index (χ3n) is 4.40. The van der Waals surface area contributed by atoms with E-state index in [1.807, 2.05) is 0 Å². The lowest BCUT2D eigenvalue weighted by Crippen LogP contribution is -2.38. The lowest BCUT2D eigenvalue weighted by molar-refractivity contribution is 0.252. The van der Waals surface area contributed by atoms with E-state index in [0.717, 1.165) is 13.1 Å². The minimum absolute atomic E-state index is 0.646. The molecule has 1 unspecified atom stereocenters. The Morgan fingerprint density at radius 3 is 2.65 bits per heavy atom. The fourth-order valence-electron chi connectivity index (χ4n) is 3.17. The zero-order chi connectivity index (χ0) is 13.8. The first-order chi connectivity index (χ1) is 9.84. The maximum Gasteiger partial charge on any atom is 0.0212 e. The van der Waals surface area contributed by atoms with Gasteiger partial charge in [0.1, 0.15) is 0 Å². The van der Waals surface area contributed by atoms with Crippen LogP contribution in [0.1, 0.15) is 25.3 Å². The van der Waals surface area contributed by atoms with Crippen molar-refractivity contribution in [1.29, 1.82) is 0 Å². The molecule has 2 aromatic rings. The predicted molar refractivity (Wildman–Crippen MR) is 85.9 cm³/mol. The first-order valence-electron chi connectivity index (χ1n) is 7.76. The van der Waals surface area contributed by atoms with Crippen molar-refractivity contribution in [3.8, 4) is 0 Å². The van der Waals surface area contributed by atoms with E-state index in [0.29, 0.717) is 6.04 Å². The number of hydrogen-bond donors (Lipinski definition) is 1. The molecule has 0 aromatic heterocycles. The standard InChI is InChI=1S/C18H24N2/c1-15(20-11-4-5-12-20)13-19-14-17-9-6-8-16-7-2-3-10-18(16)17/h2-3,6-10,15,19H,4-5,11-14H2,1H3. The zero-order valence-electron chi connectivity index (χ0n) is 12.3. The van der Waals surface area contributed by atoms with E-state index in [1.165, 1.54) is 42.3 Å². The number of likely N-dealkylation sites (tertiary alicyclic amines) is 1. The van der Waals surface area contributed by atoms with Crippen molar-refractivity contribution in [2.75, 3.05) is 19.6 Å². The van der Waals surface area contributed by atoms with Gasteiger partial charge < -0.3 is 5.32 Å². The summed E-state index contributed by atoms with van der Waals surface area (Å²) in [7, 11) is 0. The van der Waals surface area contributed by atoms with Crippen LogP contribution in [0.4, 0.5) is 0 Å². The van der Waals surface area contributed by atoms with Crippen LogP contribution in [0, 0.1) is 0 Å². The van der Waals surface area contributed by atoms with E-state index in [-0.39, 0.29) is 0 Å². The van der Waals surface area contributed by atoms with E-state index >= 15 is 0 Å². The van der Waals surface area contributed by atoms with E-state index in [2.05, 4.69) is 59.6 Å². The molecule has 106 valence electrons. The molecule has 1 N–H and O–H groups in total. The largest absolute Gasteiger partial charge is 0.311 e. The summed E-state index contributed by atoms with van der Waals surface area (Å²) in [5.74, 6) is 0. The van der Waals surface area contributed by atoms with E-state index in [9.17, 15) is 0 Å². The van der Waals surface area contributed by atoms with Crippen molar-refractivity contribution in [3.63, 3.8) is 0 Å². The van der Waals surface area contributed by atoms with Gasteiger partial charge in [0.25, 0.3) is 0 Å². The first-order valence-corrected chi connectivity index (χ1v) is 7.76. The molecule has 1 heterocycles. The highest BCUT2D eigenvalue weighted by molar-refractivity contribution is 5.85. The predicted octanol–water partition coefficient (Wildman–Crippen LogP) is 3.41. The van der Waals surface area contributed by atoms with Gasteiger partial charge >= 0.3 is 0 Å². The van der Waals surface area contributed by atoms with Crippen molar-refractivity contribution < 1.29 is 0 Å². The molecule has 0 spiro atoms. The molecule has 3 rings (SSSR count). The highest BCUT2D eigenvalue weighted by Crippen LogP contribution is 2.18. The average molecular weight is 268 g/mol. The van der Waals surface area contributed by atoms with Crippen LogP contribution >= 0.6 is 0 Å². The van der Waals surface area contributed by atoms with Gasteiger partial charge in [-0.25, -0.2) is 0 Å². The smallest absolute Gasteiger partial charge is 0.0212 e. The van der Waals surface area contributed by atoms with Gasteiger partial charge in [-0.05, 0) is 49.2 Å². The summed E-state index contributed by atoms with van der Waals surface area (Å²) in [5.41, 5.74) is 1.40. The summed E-state index contributed by atoms with van der Waals surface area (Å²) < 4.78 is 0. The minimum atomic E-state index is 0.646. The second-order valence-corrected chi connectivity index (χ2v) is 5.86. The molecule has 2 heteroatoms. The van der Waals surface area contributed by atoms with E-state index < -0.39 is 0 Å². The zero-order valence-corrected chi connectivity index (χ0v) is 12.3. The lowest BCUT2D eigenvalue weighted by atomic mass is 10.0. The van der Waals surface area contributed by atoms with E-state index in [1.54, 1.807) is 0 Å². The molecular weight excluding hydrogens is 244 g/mol. The molecule has 0 radical (unpaired) electrons. The Morgan fingerprint density at radius 2 is 1.80 bits per heavy atom. The Kier molecular flexibility index (Phi) is 4.34. The van der Waals surface area contributed by atoms with Crippen LogP contribution in [0.3, 0.4) is 0 Å². The molecule has 1 atom stereocenters. The average Bonchev–Trinajstić information content (AvgIpc) is 3.02. The van der Waals surface area contributed by atoms with Gasteiger partial charge in [0.05, 0.1) is 0 Å². The Labute approximate surface area is 121 Å². The Hall–Kier alpha value is -1.38. The highest BCUT2D eigenvalue weighted by atomic mass is 15.2. The SMILES string of the molecule is CC(CNCc1cccc2ccccc12)N1CCCC1. The molecule has 1 saturated heterocycles. The van der Waals surface area contributed by atoms with Crippen LogP contribution in [0.5, 0.6) is 0 Å². The van der Waals surface area contributed by atoms with Gasteiger partial charge in [-0.15, -0.1) is 0 Å². The Morgan fingerprint density at radius 1 is 1.05 bits per heavy atom. The summed E-state index contributed by atoms with van der Waals surface area (Å²) in [4.78, 5) is 2.59.